The van der Waals surface area contributed by atoms with E-state index in [4.69, 9.17) is 4.74 Å². The molecule has 0 spiro atoms. The minimum Gasteiger partial charge on any atom is -0.360 e. The summed E-state index contributed by atoms with van der Waals surface area (Å²) in [6.45, 7) is 0.869. The van der Waals surface area contributed by atoms with E-state index < -0.39 is 5.60 Å². The van der Waals surface area contributed by atoms with Crippen LogP contribution in [0.25, 0.3) is 5.69 Å². The second-order valence-electron chi connectivity index (χ2n) is 6.25. The highest BCUT2D eigenvalue weighted by molar-refractivity contribution is 5.86. The minimum absolute atomic E-state index is 0.135. The average Bonchev–Trinajstić information content (AvgIpc) is 3.38. The first-order chi connectivity index (χ1) is 12.8. The maximum Gasteiger partial charge on any atom is 0.257 e. The van der Waals surface area contributed by atoms with Crippen molar-refractivity contribution in [3.05, 3.63) is 78.4 Å². The highest BCUT2D eigenvalue weighted by Crippen LogP contribution is 2.36. The van der Waals surface area contributed by atoms with Crippen LogP contribution in [0.1, 0.15) is 24.2 Å². The van der Waals surface area contributed by atoms with Gasteiger partial charge in [0.1, 0.15) is 6.33 Å². The molecule has 1 atom stereocenters. The number of para-hydroxylation sites is 1. The maximum atomic E-state index is 13.0. The molecule has 1 aliphatic rings. The van der Waals surface area contributed by atoms with Crippen molar-refractivity contribution in [1.29, 1.82) is 0 Å². The molecule has 2 heterocycles. The van der Waals surface area contributed by atoms with Crippen molar-refractivity contribution in [2.75, 3.05) is 6.61 Å². The van der Waals surface area contributed by atoms with E-state index in [2.05, 4.69) is 15.4 Å². The van der Waals surface area contributed by atoms with Crippen LogP contribution < -0.4 is 5.32 Å². The van der Waals surface area contributed by atoms with Crippen molar-refractivity contribution in [2.24, 2.45) is 0 Å². The third-order valence-electron chi connectivity index (χ3n) is 4.65. The summed E-state index contributed by atoms with van der Waals surface area (Å²) in [6, 6.07) is 19.4. The van der Waals surface area contributed by atoms with Gasteiger partial charge in [0.2, 0.25) is 0 Å². The Morgan fingerprint density at radius 3 is 2.54 bits per heavy atom. The van der Waals surface area contributed by atoms with Gasteiger partial charge in [-0.2, -0.15) is 5.10 Å². The molecule has 132 valence electrons. The second kappa shape index (κ2) is 7.09. The molecule has 26 heavy (non-hydrogen) atoms. The number of ether oxygens (including phenoxy) is 1. The summed E-state index contributed by atoms with van der Waals surface area (Å²) in [5, 5.41) is 7.25. The Kier molecular flexibility index (Phi) is 4.50. The molecule has 0 radical (unpaired) electrons. The standard InChI is InChI=1S/C20H20N4O2/c25-19(20(12-7-13-26-20)16-8-3-1-4-9-16)21-14-18-22-15-23-24(18)17-10-5-2-6-11-17/h1-6,8-11,15H,7,12-14H2,(H,21,25). The van der Waals surface area contributed by atoms with Crippen molar-refractivity contribution in [2.45, 2.75) is 25.0 Å². The van der Waals surface area contributed by atoms with Gasteiger partial charge in [-0.3, -0.25) is 4.79 Å². The van der Waals surface area contributed by atoms with Gasteiger partial charge in [-0.25, -0.2) is 9.67 Å². The number of aromatic nitrogens is 3. The zero-order valence-corrected chi connectivity index (χ0v) is 14.3. The molecule has 2 aromatic carbocycles. The lowest BCUT2D eigenvalue weighted by Crippen LogP contribution is -2.44. The van der Waals surface area contributed by atoms with Gasteiger partial charge in [0.05, 0.1) is 12.2 Å². The molecular weight excluding hydrogens is 328 g/mol. The van der Waals surface area contributed by atoms with Crippen LogP contribution in [0.4, 0.5) is 0 Å². The number of carbonyl (C=O) groups excluding carboxylic acids is 1. The third-order valence-corrected chi connectivity index (χ3v) is 4.65. The fraction of sp³-hybridized carbons (Fsp3) is 0.250. The number of nitrogens with one attached hydrogen (secondary N) is 1. The maximum absolute atomic E-state index is 13.0. The molecule has 1 amide bonds. The van der Waals surface area contributed by atoms with Gasteiger partial charge < -0.3 is 10.1 Å². The Bertz CT molecular complexity index is 871. The molecule has 4 rings (SSSR count). The van der Waals surface area contributed by atoms with Gasteiger partial charge in [-0.15, -0.1) is 0 Å². The first kappa shape index (κ1) is 16.5. The average molecular weight is 348 g/mol. The van der Waals surface area contributed by atoms with E-state index >= 15 is 0 Å². The molecule has 1 fully saturated rings. The lowest BCUT2D eigenvalue weighted by Gasteiger charge is -2.27. The first-order valence-corrected chi connectivity index (χ1v) is 8.72. The quantitative estimate of drug-likeness (QED) is 0.769. The minimum atomic E-state index is -0.918. The predicted molar refractivity (Wildman–Crippen MR) is 96.5 cm³/mol. The van der Waals surface area contributed by atoms with Crippen molar-refractivity contribution < 1.29 is 9.53 Å². The molecule has 1 aliphatic heterocycles. The Morgan fingerprint density at radius 1 is 1.12 bits per heavy atom. The Morgan fingerprint density at radius 2 is 1.85 bits per heavy atom. The summed E-state index contributed by atoms with van der Waals surface area (Å²) >= 11 is 0. The van der Waals surface area contributed by atoms with Gasteiger partial charge in [0, 0.05) is 6.61 Å². The molecule has 0 bridgehead atoms. The molecular formula is C20H20N4O2. The molecule has 6 heteroatoms. The molecule has 3 aromatic rings. The molecule has 0 aliphatic carbocycles. The summed E-state index contributed by atoms with van der Waals surface area (Å²) in [5.41, 5.74) is 0.877. The van der Waals surface area contributed by atoms with Crippen LogP contribution in [-0.2, 0) is 21.7 Å². The number of rotatable bonds is 5. The molecule has 1 aromatic heterocycles. The zero-order chi connectivity index (χ0) is 17.8. The smallest absolute Gasteiger partial charge is 0.257 e. The monoisotopic (exact) mass is 348 g/mol. The van der Waals surface area contributed by atoms with Gasteiger partial charge in [0.25, 0.3) is 5.91 Å². The van der Waals surface area contributed by atoms with Crippen LogP contribution in [0.5, 0.6) is 0 Å². The van der Waals surface area contributed by atoms with Gasteiger partial charge >= 0.3 is 0 Å². The normalized spacial score (nSPS) is 19.4. The van der Waals surface area contributed by atoms with Gasteiger partial charge in [-0.1, -0.05) is 48.5 Å². The van der Waals surface area contributed by atoms with Crippen molar-refractivity contribution >= 4 is 5.91 Å². The van der Waals surface area contributed by atoms with Crippen LogP contribution in [-0.4, -0.2) is 27.3 Å². The zero-order valence-electron chi connectivity index (χ0n) is 14.3. The van der Waals surface area contributed by atoms with Gasteiger partial charge in [0.15, 0.2) is 11.4 Å². The van der Waals surface area contributed by atoms with Crippen LogP contribution in [0.15, 0.2) is 67.0 Å². The van der Waals surface area contributed by atoms with E-state index in [1.54, 1.807) is 4.68 Å². The number of hydrogen-bond donors (Lipinski definition) is 1. The van der Waals surface area contributed by atoms with Crippen LogP contribution >= 0.6 is 0 Å². The van der Waals surface area contributed by atoms with Crippen molar-refractivity contribution in [3.8, 4) is 5.69 Å². The van der Waals surface area contributed by atoms with E-state index in [0.717, 1.165) is 17.7 Å². The lowest BCUT2D eigenvalue weighted by atomic mass is 9.90. The van der Waals surface area contributed by atoms with E-state index in [1.807, 2.05) is 60.7 Å². The largest absolute Gasteiger partial charge is 0.360 e. The fourth-order valence-corrected chi connectivity index (χ4v) is 3.36. The topological polar surface area (TPSA) is 69.0 Å². The van der Waals surface area contributed by atoms with Crippen LogP contribution in [0.3, 0.4) is 0 Å². The molecule has 0 saturated carbocycles. The number of nitrogens with zero attached hydrogens (tertiary/aromatic N) is 3. The summed E-state index contributed by atoms with van der Waals surface area (Å²) in [4.78, 5) is 17.3. The summed E-state index contributed by atoms with van der Waals surface area (Å²) < 4.78 is 7.65. The van der Waals surface area contributed by atoms with Crippen molar-refractivity contribution in [1.82, 2.24) is 20.1 Å². The number of hydrogen-bond acceptors (Lipinski definition) is 4. The summed E-state index contributed by atoms with van der Waals surface area (Å²) in [6.07, 6.45) is 3.03. The molecule has 1 unspecified atom stereocenters. The van der Waals surface area contributed by atoms with Crippen LogP contribution in [0, 0.1) is 0 Å². The van der Waals surface area contributed by atoms with Gasteiger partial charge in [-0.05, 0) is 30.5 Å². The van der Waals surface area contributed by atoms with E-state index in [0.29, 0.717) is 18.9 Å². The van der Waals surface area contributed by atoms with Crippen molar-refractivity contribution in [3.63, 3.8) is 0 Å². The Hall–Kier alpha value is -2.99. The fourth-order valence-electron chi connectivity index (χ4n) is 3.36. The Balaban J connectivity index is 1.53. The predicted octanol–water partition coefficient (Wildman–Crippen LogP) is 2.59. The summed E-state index contributed by atoms with van der Waals surface area (Å²) in [5.74, 6) is 0.537. The lowest BCUT2D eigenvalue weighted by molar-refractivity contribution is -0.142. The first-order valence-electron chi connectivity index (χ1n) is 8.72. The third kappa shape index (κ3) is 2.99. The van der Waals surface area contributed by atoms with E-state index in [1.165, 1.54) is 6.33 Å². The summed E-state index contributed by atoms with van der Waals surface area (Å²) in [7, 11) is 0. The second-order valence-corrected chi connectivity index (χ2v) is 6.25. The highest BCUT2D eigenvalue weighted by Gasteiger charge is 2.44. The van der Waals surface area contributed by atoms with E-state index in [-0.39, 0.29) is 12.5 Å². The Labute approximate surface area is 151 Å². The number of benzene rings is 2. The number of carbonyl (C=O) groups is 1. The van der Waals surface area contributed by atoms with E-state index in [9.17, 15) is 4.79 Å². The highest BCUT2D eigenvalue weighted by atomic mass is 16.5. The molecule has 6 nitrogen and oxygen atoms in total. The molecule has 1 saturated heterocycles. The van der Waals surface area contributed by atoms with Crippen LogP contribution in [0.2, 0.25) is 0 Å². The number of amides is 1. The molecule has 1 N–H and O–H groups in total. The SMILES string of the molecule is O=C(NCc1ncnn1-c1ccccc1)C1(c2ccccc2)CCCO1.